The van der Waals surface area contributed by atoms with Crippen LogP contribution in [0, 0.1) is 0 Å². The molecular weight excluding hydrogens is 274 g/mol. The van der Waals surface area contributed by atoms with E-state index in [1.165, 1.54) is 20.7 Å². The smallest absolute Gasteiger partial charge is 0.0408 e. The maximum absolute atomic E-state index is 6.18. The van der Waals surface area contributed by atoms with Crippen LogP contribution in [-0.2, 0) is 0 Å². The van der Waals surface area contributed by atoms with E-state index in [1.807, 2.05) is 37.3 Å². The average Bonchev–Trinajstić information content (AvgIpc) is 2.85. The average molecular weight is 291 g/mol. The van der Waals surface area contributed by atoms with E-state index in [-0.39, 0.29) is 0 Å². The molecule has 2 aromatic carbocycles. The minimum Gasteiger partial charge on any atom is -0.398 e. The Balaban J connectivity index is 2.15. The van der Waals surface area contributed by atoms with Crippen LogP contribution in [-0.4, -0.2) is 0 Å². The molecule has 104 valence electrons. The van der Waals surface area contributed by atoms with E-state index >= 15 is 0 Å². The summed E-state index contributed by atoms with van der Waals surface area (Å²) in [5.74, 6) is 0. The van der Waals surface area contributed by atoms with Gasteiger partial charge in [-0.15, -0.1) is 11.3 Å². The van der Waals surface area contributed by atoms with Crippen LogP contribution in [0.2, 0.25) is 0 Å². The molecule has 2 N–H and O–H groups in total. The number of benzene rings is 2. The van der Waals surface area contributed by atoms with Crippen molar-refractivity contribution in [1.29, 1.82) is 0 Å². The van der Waals surface area contributed by atoms with E-state index in [0.717, 1.165) is 11.1 Å². The molecule has 0 fully saturated rings. The molecule has 0 aliphatic carbocycles. The zero-order chi connectivity index (χ0) is 14.7. The van der Waals surface area contributed by atoms with Gasteiger partial charge < -0.3 is 5.73 Å². The molecule has 0 bridgehead atoms. The highest BCUT2D eigenvalue weighted by Gasteiger charge is 2.10. The monoisotopic (exact) mass is 291 g/mol. The van der Waals surface area contributed by atoms with Gasteiger partial charge in [0, 0.05) is 26.2 Å². The van der Waals surface area contributed by atoms with E-state index in [2.05, 4.69) is 42.5 Å². The molecule has 0 radical (unpaired) electrons. The predicted molar refractivity (Wildman–Crippen MR) is 96.3 cm³/mol. The Hall–Kier alpha value is -2.32. The summed E-state index contributed by atoms with van der Waals surface area (Å²) in [6.45, 7) is 2.04. The molecule has 1 heterocycles. The first-order valence-electron chi connectivity index (χ1n) is 6.96. The van der Waals surface area contributed by atoms with Gasteiger partial charge in [-0.3, -0.25) is 0 Å². The van der Waals surface area contributed by atoms with Gasteiger partial charge in [0.1, 0.15) is 0 Å². The van der Waals surface area contributed by atoms with E-state index in [9.17, 15) is 0 Å². The van der Waals surface area contributed by atoms with Crippen molar-refractivity contribution >= 4 is 45.3 Å². The summed E-state index contributed by atoms with van der Waals surface area (Å²) < 4.78 is 1.23. The summed E-state index contributed by atoms with van der Waals surface area (Å²) in [5, 5.41) is 1.16. The Morgan fingerprint density at radius 1 is 0.905 bits per heavy atom. The molecule has 2 heteroatoms. The third kappa shape index (κ3) is 2.76. The predicted octanol–water partition coefficient (Wildman–Crippen LogP) is 5.69. The van der Waals surface area contributed by atoms with Crippen molar-refractivity contribution in [2.75, 3.05) is 5.73 Å². The quantitative estimate of drug-likeness (QED) is 0.617. The van der Waals surface area contributed by atoms with Crippen LogP contribution in [0.25, 0.3) is 28.3 Å². The van der Waals surface area contributed by atoms with Crippen LogP contribution in [0.5, 0.6) is 0 Å². The summed E-state index contributed by atoms with van der Waals surface area (Å²) >= 11 is 1.78. The lowest BCUT2D eigenvalue weighted by Gasteiger charge is -1.99. The van der Waals surface area contributed by atoms with Gasteiger partial charge in [0.25, 0.3) is 0 Å². The maximum atomic E-state index is 6.18. The number of fused-ring (bicyclic) bond motifs is 1. The topological polar surface area (TPSA) is 26.0 Å². The van der Waals surface area contributed by atoms with E-state index < -0.39 is 0 Å². The second-order valence-electron chi connectivity index (χ2n) is 4.84. The van der Waals surface area contributed by atoms with Crippen molar-refractivity contribution in [2.24, 2.45) is 0 Å². The highest BCUT2D eigenvalue weighted by Crippen LogP contribution is 2.37. The van der Waals surface area contributed by atoms with Crippen molar-refractivity contribution in [3.8, 4) is 0 Å². The lowest BCUT2D eigenvalue weighted by Crippen LogP contribution is -1.85. The largest absolute Gasteiger partial charge is 0.398 e. The summed E-state index contributed by atoms with van der Waals surface area (Å²) in [5.41, 5.74) is 9.42. The SMILES string of the molecule is C/C=C\c1sc2cccc(N)c2c1/C=C/c1ccccc1. The normalized spacial score (nSPS) is 11.9. The second-order valence-corrected chi connectivity index (χ2v) is 5.93. The van der Waals surface area contributed by atoms with Gasteiger partial charge in [-0.05, 0) is 30.7 Å². The van der Waals surface area contributed by atoms with Gasteiger partial charge in [-0.2, -0.15) is 0 Å². The summed E-state index contributed by atoms with van der Waals surface area (Å²) in [4.78, 5) is 1.25. The molecule has 0 saturated heterocycles. The summed E-state index contributed by atoms with van der Waals surface area (Å²) in [6.07, 6.45) is 8.52. The van der Waals surface area contributed by atoms with Crippen LogP contribution in [0.3, 0.4) is 0 Å². The fourth-order valence-electron chi connectivity index (χ4n) is 2.40. The Morgan fingerprint density at radius 3 is 2.48 bits per heavy atom. The Bertz CT molecular complexity index is 810. The molecule has 0 aliphatic rings. The van der Waals surface area contributed by atoms with Crippen LogP contribution in [0.1, 0.15) is 22.9 Å². The summed E-state index contributed by atoms with van der Waals surface area (Å²) in [7, 11) is 0. The third-order valence-electron chi connectivity index (χ3n) is 3.37. The number of rotatable bonds is 3. The minimum absolute atomic E-state index is 0.840. The number of nitrogens with two attached hydrogens (primary N) is 1. The molecule has 0 aliphatic heterocycles. The molecule has 0 spiro atoms. The molecule has 0 saturated carbocycles. The zero-order valence-corrected chi connectivity index (χ0v) is 12.7. The fraction of sp³-hybridized carbons (Fsp3) is 0.0526. The molecule has 1 nitrogen and oxygen atoms in total. The molecule has 21 heavy (non-hydrogen) atoms. The minimum atomic E-state index is 0.840. The maximum Gasteiger partial charge on any atom is 0.0408 e. The fourth-order valence-corrected chi connectivity index (χ4v) is 3.60. The summed E-state index contributed by atoms with van der Waals surface area (Å²) in [6, 6.07) is 16.4. The van der Waals surface area contributed by atoms with Crippen LogP contribution in [0.15, 0.2) is 54.6 Å². The van der Waals surface area contributed by atoms with Gasteiger partial charge >= 0.3 is 0 Å². The molecular formula is C19H17NS. The Labute approximate surface area is 129 Å². The highest BCUT2D eigenvalue weighted by molar-refractivity contribution is 7.20. The van der Waals surface area contributed by atoms with Gasteiger partial charge in [-0.1, -0.05) is 54.6 Å². The molecule has 0 atom stereocenters. The van der Waals surface area contributed by atoms with Crippen LogP contribution < -0.4 is 5.73 Å². The number of hydrogen-bond donors (Lipinski definition) is 1. The first kappa shape index (κ1) is 13.7. The van der Waals surface area contributed by atoms with Gasteiger partial charge in [-0.25, -0.2) is 0 Å². The first-order chi connectivity index (χ1) is 10.3. The van der Waals surface area contributed by atoms with Crippen molar-refractivity contribution in [3.05, 3.63) is 70.6 Å². The van der Waals surface area contributed by atoms with Crippen LogP contribution >= 0.6 is 11.3 Å². The Morgan fingerprint density at radius 2 is 1.71 bits per heavy atom. The number of hydrogen-bond acceptors (Lipinski definition) is 2. The van der Waals surface area contributed by atoms with Crippen molar-refractivity contribution < 1.29 is 0 Å². The number of thiophene rings is 1. The molecule has 0 unspecified atom stereocenters. The molecule has 1 aromatic heterocycles. The number of allylic oxidation sites excluding steroid dienone is 1. The van der Waals surface area contributed by atoms with Crippen LogP contribution in [0.4, 0.5) is 5.69 Å². The van der Waals surface area contributed by atoms with Crippen molar-refractivity contribution in [1.82, 2.24) is 0 Å². The lowest BCUT2D eigenvalue weighted by molar-refractivity contribution is 1.66. The number of anilines is 1. The third-order valence-corrected chi connectivity index (χ3v) is 4.51. The van der Waals surface area contributed by atoms with E-state index in [4.69, 9.17) is 5.73 Å². The molecule has 0 amide bonds. The zero-order valence-electron chi connectivity index (χ0n) is 11.9. The second kappa shape index (κ2) is 5.98. The van der Waals surface area contributed by atoms with E-state index in [1.54, 1.807) is 11.3 Å². The number of nitrogen functional groups attached to an aromatic ring is 1. The highest BCUT2D eigenvalue weighted by atomic mass is 32.1. The van der Waals surface area contributed by atoms with Crippen molar-refractivity contribution in [2.45, 2.75) is 6.92 Å². The molecule has 3 rings (SSSR count). The van der Waals surface area contributed by atoms with Crippen molar-refractivity contribution in [3.63, 3.8) is 0 Å². The van der Waals surface area contributed by atoms with Gasteiger partial charge in [0.15, 0.2) is 0 Å². The lowest BCUT2D eigenvalue weighted by atomic mass is 10.1. The Kier molecular flexibility index (Phi) is 3.89. The van der Waals surface area contributed by atoms with E-state index in [0.29, 0.717) is 0 Å². The molecule has 3 aromatic rings. The van der Waals surface area contributed by atoms with Gasteiger partial charge in [0.2, 0.25) is 0 Å². The standard InChI is InChI=1S/C19H17NS/c1-2-7-17-15(13-12-14-8-4-3-5-9-14)19-16(20)10-6-11-18(19)21-17/h2-13H,20H2,1H3/b7-2-,13-12+. The first-order valence-corrected chi connectivity index (χ1v) is 7.78. The van der Waals surface area contributed by atoms with Gasteiger partial charge in [0.05, 0.1) is 0 Å².